The van der Waals surface area contributed by atoms with Gasteiger partial charge in [0.1, 0.15) is 0 Å². The van der Waals surface area contributed by atoms with Gasteiger partial charge < -0.3 is 14.8 Å². The first kappa shape index (κ1) is 12.8. The van der Waals surface area contributed by atoms with Crippen LogP contribution in [0.2, 0.25) is 0 Å². The lowest BCUT2D eigenvalue weighted by Crippen LogP contribution is -2.28. The highest BCUT2D eigenvalue weighted by molar-refractivity contribution is 5.53. The average Bonchev–Trinajstić information content (AvgIpc) is 2.87. The van der Waals surface area contributed by atoms with Crippen LogP contribution < -0.4 is 14.8 Å². The van der Waals surface area contributed by atoms with Gasteiger partial charge in [0.05, 0.1) is 0 Å². The van der Waals surface area contributed by atoms with Gasteiger partial charge >= 0.3 is 0 Å². The molecule has 1 aromatic rings. The summed E-state index contributed by atoms with van der Waals surface area (Å²) in [6.07, 6.45) is 3.74. The van der Waals surface area contributed by atoms with E-state index in [0.29, 0.717) is 12.7 Å². The third-order valence-corrected chi connectivity index (χ3v) is 4.21. The van der Waals surface area contributed by atoms with Crippen LogP contribution in [-0.4, -0.2) is 19.9 Å². The molecule has 0 spiro atoms. The van der Waals surface area contributed by atoms with E-state index in [4.69, 9.17) is 9.47 Å². The van der Waals surface area contributed by atoms with Gasteiger partial charge in [-0.25, -0.2) is 0 Å². The standard InChI is InChI=1S/C16H23NO2/c1-11(2)15-13(9-12-5-7-17-8-6-12)3-4-14-16(15)19-10-18-14/h3-4,11-12,17H,5-10H2,1-2H3. The van der Waals surface area contributed by atoms with E-state index in [2.05, 4.69) is 31.3 Å². The minimum Gasteiger partial charge on any atom is -0.454 e. The minimum absolute atomic E-state index is 0.367. The number of fused-ring (bicyclic) bond motifs is 1. The van der Waals surface area contributed by atoms with E-state index < -0.39 is 0 Å². The first-order valence-corrected chi connectivity index (χ1v) is 7.38. The third kappa shape index (κ3) is 2.57. The summed E-state index contributed by atoms with van der Waals surface area (Å²) < 4.78 is 11.2. The Bertz CT molecular complexity index is 450. The van der Waals surface area contributed by atoms with Crippen molar-refractivity contribution in [1.29, 1.82) is 0 Å². The van der Waals surface area contributed by atoms with Gasteiger partial charge in [-0.3, -0.25) is 0 Å². The summed E-state index contributed by atoms with van der Waals surface area (Å²) in [5.74, 6) is 3.19. The smallest absolute Gasteiger partial charge is 0.231 e. The van der Waals surface area contributed by atoms with Crippen LogP contribution in [0.15, 0.2) is 12.1 Å². The van der Waals surface area contributed by atoms with E-state index in [1.807, 2.05) is 0 Å². The molecule has 3 nitrogen and oxygen atoms in total. The number of piperidine rings is 1. The molecule has 0 aliphatic carbocycles. The zero-order valence-electron chi connectivity index (χ0n) is 11.9. The Balaban J connectivity index is 1.87. The molecule has 0 aromatic heterocycles. The van der Waals surface area contributed by atoms with E-state index in [1.54, 1.807) is 0 Å². The van der Waals surface area contributed by atoms with Crippen LogP contribution in [0, 0.1) is 5.92 Å². The second kappa shape index (κ2) is 5.41. The molecule has 0 amide bonds. The molecule has 104 valence electrons. The van der Waals surface area contributed by atoms with Gasteiger partial charge in [0.2, 0.25) is 6.79 Å². The number of benzene rings is 1. The van der Waals surface area contributed by atoms with Gasteiger partial charge in [0, 0.05) is 5.56 Å². The van der Waals surface area contributed by atoms with Crippen molar-refractivity contribution >= 4 is 0 Å². The Morgan fingerprint density at radius 3 is 2.74 bits per heavy atom. The van der Waals surface area contributed by atoms with E-state index in [1.165, 1.54) is 30.4 Å². The molecule has 1 saturated heterocycles. The second-order valence-corrected chi connectivity index (χ2v) is 5.92. The van der Waals surface area contributed by atoms with Gasteiger partial charge in [-0.1, -0.05) is 19.9 Å². The Kier molecular flexibility index (Phi) is 3.65. The summed E-state index contributed by atoms with van der Waals surface area (Å²) in [6.45, 7) is 7.16. The Morgan fingerprint density at radius 2 is 2.00 bits per heavy atom. The van der Waals surface area contributed by atoms with E-state index in [9.17, 15) is 0 Å². The predicted molar refractivity (Wildman–Crippen MR) is 76.0 cm³/mol. The van der Waals surface area contributed by atoms with Gasteiger partial charge in [-0.05, 0) is 55.8 Å². The lowest BCUT2D eigenvalue weighted by atomic mass is 9.86. The molecule has 2 aliphatic rings. The molecule has 2 heterocycles. The van der Waals surface area contributed by atoms with Gasteiger partial charge in [-0.2, -0.15) is 0 Å². The van der Waals surface area contributed by atoms with Crippen molar-refractivity contribution in [1.82, 2.24) is 5.32 Å². The van der Waals surface area contributed by atoms with Crippen LogP contribution in [0.25, 0.3) is 0 Å². The van der Waals surface area contributed by atoms with Crippen molar-refractivity contribution in [2.45, 2.75) is 39.0 Å². The summed E-state index contributed by atoms with van der Waals surface area (Å²) in [5.41, 5.74) is 2.81. The van der Waals surface area contributed by atoms with E-state index in [0.717, 1.165) is 30.5 Å². The molecule has 2 aliphatic heterocycles. The summed E-state index contributed by atoms with van der Waals surface area (Å²) in [5, 5.41) is 3.43. The van der Waals surface area contributed by atoms with Crippen molar-refractivity contribution in [3.8, 4) is 11.5 Å². The summed E-state index contributed by atoms with van der Waals surface area (Å²) >= 11 is 0. The molecule has 0 saturated carbocycles. The molecule has 3 heteroatoms. The molecule has 0 unspecified atom stereocenters. The highest BCUT2D eigenvalue weighted by Gasteiger charge is 2.24. The Labute approximate surface area is 115 Å². The SMILES string of the molecule is CC(C)c1c(CC2CCNCC2)ccc2c1OCO2. The largest absolute Gasteiger partial charge is 0.454 e. The van der Waals surface area contributed by atoms with Gasteiger partial charge in [-0.15, -0.1) is 0 Å². The maximum absolute atomic E-state index is 5.69. The third-order valence-electron chi connectivity index (χ3n) is 4.21. The van der Waals surface area contributed by atoms with Crippen LogP contribution >= 0.6 is 0 Å². The maximum Gasteiger partial charge on any atom is 0.231 e. The average molecular weight is 261 g/mol. The molecular weight excluding hydrogens is 238 g/mol. The number of hydrogen-bond acceptors (Lipinski definition) is 3. The highest BCUT2D eigenvalue weighted by atomic mass is 16.7. The molecule has 0 atom stereocenters. The number of rotatable bonds is 3. The molecule has 19 heavy (non-hydrogen) atoms. The molecule has 1 aromatic carbocycles. The number of nitrogens with one attached hydrogen (secondary N) is 1. The fourth-order valence-corrected chi connectivity index (χ4v) is 3.24. The molecule has 1 fully saturated rings. The molecule has 3 rings (SSSR count). The lowest BCUT2D eigenvalue weighted by Gasteiger charge is -2.24. The van der Waals surface area contributed by atoms with E-state index in [-0.39, 0.29) is 0 Å². The van der Waals surface area contributed by atoms with Crippen molar-refractivity contribution in [2.24, 2.45) is 5.92 Å². The second-order valence-electron chi connectivity index (χ2n) is 5.92. The lowest BCUT2D eigenvalue weighted by molar-refractivity contribution is 0.173. The monoisotopic (exact) mass is 261 g/mol. The summed E-state index contributed by atoms with van der Waals surface area (Å²) in [6, 6.07) is 4.31. The summed E-state index contributed by atoms with van der Waals surface area (Å²) in [7, 11) is 0. The normalized spacial score (nSPS) is 19.1. The first-order valence-electron chi connectivity index (χ1n) is 7.38. The molecular formula is C16H23NO2. The van der Waals surface area contributed by atoms with Gasteiger partial charge in [0.25, 0.3) is 0 Å². The topological polar surface area (TPSA) is 30.5 Å². The molecule has 0 bridgehead atoms. The fraction of sp³-hybridized carbons (Fsp3) is 0.625. The fourth-order valence-electron chi connectivity index (χ4n) is 3.24. The zero-order valence-corrected chi connectivity index (χ0v) is 11.9. The quantitative estimate of drug-likeness (QED) is 0.907. The zero-order chi connectivity index (χ0) is 13.2. The van der Waals surface area contributed by atoms with E-state index >= 15 is 0 Å². The van der Waals surface area contributed by atoms with Crippen molar-refractivity contribution in [3.63, 3.8) is 0 Å². The number of ether oxygens (including phenoxy) is 2. The summed E-state index contributed by atoms with van der Waals surface area (Å²) in [4.78, 5) is 0. The van der Waals surface area contributed by atoms with Gasteiger partial charge in [0.15, 0.2) is 11.5 Å². The molecule has 0 radical (unpaired) electrons. The van der Waals surface area contributed by atoms with Crippen LogP contribution in [0.5, 0.6) is 11.5 Å². The first-order chi connectivity index (χ1) is 9.25. The minimum atomic E-state index is 0.367. The molecule has 1 N–H and O–H groups in total. The Morgan fingerprint density at radius 1 is 1.21 bits per heavy atom. The predicted octanol–water partition coefficient (Wildman–Crippen LogP) is 3.08. The Hall–Kier alpha value is -1.22. The van der Waals surface area contributed by atoms with Crippen LogP contribution in [-0.2, 0) is 6.42 Å². The van der Waals surface area contributed by atoms with Crippen LogP contribution in [0.1, 0.15) is 43.7 Å². The highest BCUT2D eigenvalue weighted by Crippen LogP contribution is 2.42. The van der Waals surface area contributed by atoms with Crippen LogP contribution in [0.4, 0.5) is 0 Å². The van der Waals surface area contributed by atoms with Crippen LogP contribution in [0.3, 0.4) is 0 Å². The number of hydrogen-bond donors (Lipinski definition) is 1. The van der Waals surface area contributed by atoms with Crippen molar-refractivity contribution < 1.29 is 9.47 Å². The van der Waals surface area contributed by atoms with Crippen molar-refractivity contribution in [3.05, 3.63) is 23.3 Å². The maximum atomic E-state index is 5.69. The van der Waals surface area contributed by atoms with Crippen molar-refractivity contribution in [2.75, 3.05) is 19.9 Å².